The van der Waals surface area contributed by atoms with Crippen LogP contribution in [-0.4, -0.2) is 36.6 Å². The first kappa shape index (κ1) is 22.6. The smallest absolute Gasteiger partial charge is 0.403 e. The fourth-order valence-electron chi connectivity index (χ4n) is 4.31. The van der Waals surface area contributed by atoms with Crippen LogP contribution in [0.5, 0.6) is 0 Å². The summed E-state index contributed by atoms with van der Waals surface area (Å²) in [5.74, 6) is 0. The molecule has 0 unspecified atom stereocenters. The maximum atomic E-state index is 6.70. The van der Waals surface area contributed by atoms with Gasteiger partial charge in [-0.1, -0.05) is 60.7 Å². The van der Waals surface area contributed by atoms with Gasteiger partial charge in [0, 0.05) is 0 Å². The van der Waals surface area contributed by atoms with Gasteiger partial charge in [0.1, 0.15) is 0 Å². The molecule has 2 aliphatic heterocycles. The van der Waals surface area contributed by atoms with E-state index in [1.165, 1.54) is 0 Å². The summed E-state index contributed by atoms with van der Waals surface area (Å²) in [7, 11) is -1.20. The lowest BCUT2D eigenvalue weighted by atomic mass is 9.34. The fourth-order valence-corrected chi connectivity index (χ4v) is 4.31. The molecule has 2 aromatic rings. The minimum atomic E-state index is -0.821. The van der Waals surface area contributed by atoms with Gasteiger partial charge in [0.25, 0.3) is 0 Å². The van der Waals surface area contributed by atoms with Gasteiger partial charge in [0.05, 0.1) is 27.6 Å². The third-order valence-electron chi connectivity index (χ3n) is 7.75. The van der Waals surface area contributed by atoms with Crippen molar-refractivity contribution in [1.29, 1.82) is 0 Å². The van der Waals surface area contributed by atoms with E-state index >= 15 is 0 Å². The van der Waals surface area contributed by atoms with E-state index in [9.17, 15) is 0 Å². The van der Waals surface area contributed by atoms with E-state index in [-0.39, 0.29) is 0 Å². The lowest BCUT2D eigenvalue weighted by Gasteiger charge is -2.38. The van der Waals surface area contributed by atoms with Crippen LogP contribution in [-0.2, 0) is 23.8 Å². The van der Waals surface area contributed by atoms with E-state index in [2.05, 4.69) is 79.7 Å². The van der Waals surface area contributed by atoms with Gasteiger partial charge in [-0.15, -0.1) is 0 Å². The predicted molar refractivity (Wildman–Crippen MR) is 126 cm³/mol. The summed E-state index contributed by atoms with van der Waals surface area (Å²) in [4.78, 5) is 0. The number of benzene rings is 2. The highest BCUT2D eigenvalue weighted by molar-refractivity contribution is 6.72. The van der Waals surface area contributed by atoms with E-state index in [1.54, 1.807) is 0 Å². The molecule has 0 aromatic heterocycles. The van der Waals surface area contributed by atoms with Gasteiger partial charge in [-0.2, -0.15) is 0 Å². The van der Waals surface area contributed by atoms with Crippen molar-refractivity contribution in [3.05, 3.63) is 71.8 Å². The Morgan fingerprint density at radius 3 is 1.00 bits per heavy atom. The van der Waals surface area contributed by atoms with Crippen LogP contribution in [0.1, 0.15) is 66.5 Å². The topological polar surface area (TPSA) is 36.9 Å². The maximum Gasteiger partial charge on any atom is 0.471 e. The van der Waals surface area contributed by atoms with Crippen LogP contribution < -0.4 is 0 Å². The minimum Gasteiger partial charge on any atom is -0.403 e. The molecule has 0 aliphatic carbocycles. The first-order valence-electron chi connectivity index (χ1n) is 11.2. The standard InChI is InChI=1S/C25H34B2O4/c1-21(2)22(3,4)29-26(28-21)25(19-15-11-9-12-16-19,20-17-13-10-14-18-20)27-30-23(5,6)24(7,8)31-27/h9-18H,1-8H3. The van der Waals surface area contributed by atoms with Crippen molar-refractivity contribution >= 4 is 14.2 Å². The average Bonchev–Trinajstić information content (AvgIpc) is 3.04. The highest BCUT2D eigenvalue weighted by Gasteiger charge is 2.70. The quantitative estimate of drug-likeness (QED) is 0.635. The van der Waals surface area contributed by atoms with E-state index in [1.807, 2.05) is 36.4 Å². The van der Waals surface area contributed by atoms with E-state index in [0.717, 1.165) is 11.1 Å². The van der Waals surface area contributed by atoms with Crippen LogP contribution in [0.2, 0.25) is 0 Å². The highest BCUT2D eigenvalue weighted by atomic mass is 16.7. The van der Waals surface area contributed by atoms with Crippen LogP contribution in [0, 0.1) is 0 Å². The molecule has 2 aromatic carbocycles. The summed E-state index contributed by atoms with van der Waals surface area (Å²) in [6.07, 6.45) is 0. The van der Waals surface area contributed by atoms with Gasteiger partial charge in [-0.3, -0.25) is 0 Å². The van der Waals surface area contributed by atoms with Crippen LogP contribution in [0.25, 0.3) is 0 Å². The molecule has 164 valence electrons. The second-order valence-electron chi connectivity index (χ2n) is 10.8. The molecule has 0 saturated carbocycles. The zero-order valence-corrected chi connectivity index (χ0v) is 20.1. The van der Waals surface area contributed by atoms with Crippen LogP contribution in [0.15, 0.2) is 60.7 Å². The molecular formula is C25H34B2O4. The highest BCUT2D eigenvalue weighted by Crippen LogP contribution is 2.51. The maximum absolute atomic E-state index is 6.70. The third kappa shape index (κ3) is 3.39. The summed E-state index contributed by atoms with van der Waals surface area (Å²) >= 11 is 0. The molecule has 2 fully saturated rings. The monoisotopic (exact) mass is 420 g/mol. The summed E-state index contributed by atoms with van der Waals surface area (Å²) < 4.78 is 26.8. The molecule has 31 heavy (non-hydrogen) atoms. The number of hydrogen-bond donors (Lipinski definition) is 0. The largest absolute Gasteiger partial charge is 0.471 e. The second kappa shape index (κ2) is 7.21. The average molecular weight is 420 g/mol. The van der Waals surface area contributed by atoms with Gasteiger partial charge in [-0.05, 0) is 66.5 Å². The lowest BCUT2D eigenvalue weighted by Crippen LogP contribution is -2.59. The molecule has 6 heteroatoms. The first-order chi connectivity index (χ1) is 14.3. The Bertz CT molecular complexity index is 816. The van der Waals surface area contributed by atoms with Crippen molar-refractivity contribution in [1.82, 2.24) is 0 Å². The van der Waals surface area contributed by atoms with Gasteiger partial charge in [0.2, 0.25) is 0 Å². The summed E-state index contributed by atoms with van der Waals surface area (Å²) in [5.41, 5.74) is 0.120. The van der Waals surface area contributed by atoms with Crippen molar-refractivity contribution in [2.75, 3.05) is 0 Å². The van der Waals surface area contributed by atoms with Crippen molar-refractivity contribution < 1.29 is 18.6 Å². The van der Waals surface area contributed by atoms with Crippen molar-refractivity contribution in [3.63, 3.8) is 0 Å². The fraction of sp³-hybridized carbons (Fsp3) is 0.520. The zero-order chi connectivity index (χ0) is 22.7. The normalized spacial score (nSPS) is 23.9. The van der Waals surface area contributed by atoms with Crippen molar-refractivity contribution in [3.8, 4) is 0 Å². The Morgan fingerprint density at radius 2 is 0.742 bits per heavy atom. The molecule has 4 rings (SSSR count). The number of hydrogen-bond acceptors (Lipinski definition) is 4. The molecule has 0 bridgehead atoms. The molecule has 0 amide bonds. The Kier molecular flexibility index (Phi) is 5.26. The van der Waals surface area contributed by atoms with Crippen molar-refractivity contribution in [2.45, 2.75) is 83.0 Å². The molecular weight excluding hydrogens is 386 g/mol. The van der Waals surface area contributed by atoms with Crippen molar-refractivity contribution in [2.24, 2.45) is 0 Å². The summed E-state index contributed by atoms with van der Waals surface area (Å²) in [6.45, 7) is 16.7. The first-order valence-corrected chi connectivity index (χ1v) is 11.2. The number of rotatable bonds is 4. The summed E-state index contributed by atoms with van der Waals surface area (Å²) in [5, 5.41) is -0.821. The van der Waals surface area contributed by atoms with Crippen LogP contribution in [0.3, 0.4) is 0 Å². The molecule has 2 aliphatic rings. The molecule has 2 heterocycles. The molecule has 2 saturated heterocycles. The zero-order valence-electron chi connectivity index (χ0n) is 20.1. The van der Waals surface area contributed by atoms with E-state index in [0.29, 0.717) is 0 Å². The molecule has 0 spiro atoms. The SMILES string of the molecule is CC1(C)OB(C(B2OC(C)(C)C(C)(C)O2)(c2ccccc2)c2ccccc2)OC1(C)C. The predicted octanol–water partition coefficient (Wildman–Crippen LogP) is 5.24. The van der Waals surface area contributed by atoms with Gasteiger partial charge in [0.15, 0.2) is 0 Å². The third-order valence-corrected chi connectivity index (χ3v) is 7.75. The molecule has 0 radical (unpaired) electrons. The van der Waals surface area contributed by atoms with E-state index < -0.39 is 41.9 Å². The van der Waals surface area contributed by atoms with Crippen LogP contribution in [0.4, 0.5) is 0 Å². The Morgan fingerprint density at radius 1 is 0.484 bits per heavy atom. The van der Waals surface area contributed by atoms with Crippen LogP contribution >= 0.6 is 0 Å². The van der Waals surface area contributed by atoms with Gasteiger partial charge >= 0.3 is 14.2 Å². The van der Waals surface area contributed by atoms with E-state index in [4.69, 9.17) is 18.6 Å². The summed E-state index contributed by atoms with van der Waals surface area (Å²) in [6, 6.07) is 20.7. The Balaban J connectivity index is 1.98. The second-order valence-corrected chi connectivity index (χ2v) is 10.8. The molecule has 0 atom stereocenters. The Hall–Kier alpha value is -1.59. The molecule has 4 nitrogen and oxygen atoms in total. The molecule has 0 N–H and O–H groups in total. The Labute approximate surface area is 187 Å². The van der Waals surface area contributed by atoms with Gasteiger partial charge in [-0.25, -0.2) is 0 Å². The lowest BCUT2D eigenvalue weighted by molar-refractivity contribution is 0.00578. The minimum absolute atomic E-state index is 0.490. The van der Waals surface area contributed by atoms with Gasteiger partial charge < -0.3 is 18.6 Å².